The maximum Gasteiger partial charge on any atom is 0.252 e. The second-order valence-corrected chi connectivity index (χ2v) is 6.64. The van der Waals surface area contributed by atoms with Gasteiger partial charge in [-0.2, -0.15) is 5.10 Å². The molecule has 1 atom stereocenters. The normalized spacial score (nSPS) is 11.8. The summed E-state index contributed by atoms with van der Waals surface area (Å²) in [6.45, 7) is 6.70. The Kier molecular flexibility index (Phi) is 6.40. The van der Waals surface area contributed by atoms with E-state index in [-0.39, 0.29) is 11.9 Å². The monoisotopic (exact) mass is 330 g/mol. The van der Waals surface area contributed by atoms with Crippen LogP contribution in [0.1, 0.15) is 31.1 Å². The first-order valence-electron chi connectivity index (χ1n) is 7.54. The van der Waals surface area contributed by atoms with Crippen LogP contribution in [0.4, 0.5) is 0 Å². The van der Waals surface area contributed by atoms with Gasteiger partial charge in [0.1, 0.15) is 12.7 Å². The van der Waals surface area contributed by atoms with Crippen LogP contribution < -0.4 is 5.32 Å². The van der Waals surface area contributed by atoms with Crippen molar-refractivity contribution in [2.75, 3.05) is 5.75 Å². The van der Waals surface area contributed by atoms with Crippen LogP contribution in [0.5, 0.6) is 0 Å². The van der Waals surface area contributed by atoms with E-state index in [2.05, 4.69) is 35.3 Å². The average Bonchev–Trinajstić information content (AvgIpc) is 3.00. The van der Waals surface area contributed by atoms with Gasteiger partial charge in [-0.3, -0.25) is 9.48 Å². The Morgan fingerprint density at radius 1 is 1.39 bits per heavy atom. The lowest BCUT2D eigenvalue weighted by Crippen LogP contribution is -2.36. The molecule has 1 heterocycles. The smallest absolute Gasteiger partial charge is 0.252 e. The van der Waals surface area contributed by atoms with Crippen LogP contribution in [0.3, 0.4) is 0 Å². The summed E-state index contributed by atoms with van der Waals surface area (Å²) in [5.74, 6) is 0.805. The molecule has 0 unspecified atom stereocenters. The molecule has 23 heavy (non-hydrogen) atoms. The lowest BCUT2D eigenvalue weighted by molar-refractivity contribution is 0.0933. The van der Waals surface area contributed by atoms with Crippen LogP contribution in [0.15, 0.2) is 53.5 Å². The minimum atomic E-state index is -0.0575. The summed E-state index contributed by atoms with van der Waals surface area (Å²) in [5.41, 5.74) is 1.99. The highest BCUT2D eigenvalue weighted by molar-refractivity contribution is 7.99. The van der Waals surface area contributed by atoms with Gasteiger partial charge in [-0.15, -0.1) is 11.8 Å². The third-order valence-electron chi connectivity index (χ3n) is 3.17. The van der Waals surface area contributed by atoms with Gasteiger partial charge < -0.3 is 5.32 Å². The van der Waals surface area contributed by atoms with Crippen molar-refractivity contribution >= 4 is 17.7 Å². The molecule has 122 valence electrons. The Labute approximate surface area is 141 Å². The summed E-state index contributed by atoms with van der Waals surface area (Å²) in [4.78, 5) is 17.4. The van der Waals surface area contributed by atoms with E-state index in [1.807, 2.05) is 31.2 Å². The number of nitrogens with one attached hydrogen (secondary N) is 1. The summed E-state index contributed by atoms with van der Waals surface area (Å²) in [6.07, 6.45) is 5.29. The minimum Gasteiger partial charge on any atom is -0.348 e. The Hall–Kier alpha value is -2.08. The van der Waals surface area contributed by atoms with E-state index >= 15 is 0 Å². The molecule has 1 N–H and O–H groups in total. The van der Waals surface area contributed by atoms with E-state index in [1.54, 1.807) is 22.8 Å². The first kappa shape index (κ1) is 17.3. The van der Waals surface area contributed by atoms with Crippen molar-refractivity contribution < 1.29 is 4.79 Å². The second kappa shape index (κ2) is 8.53. The highest BCUT2D eigenvalue weighted by Crippen LogP contribution is 2.23. The van der Waals surface area contributed by atoms with E-state index in [9.17, 15) is 4.79 Å². The number of rotatable bonds is 7. The number of benzene rings is 1. The molecule has 0 aliphatic rings. The predicted molar refractivity (Wildman–Crippen MR) is 93.5 cm³/mol. The van der Waals surface area contributed by atoms with Crippen molar-refractivity contribution in [1.29, 1.82) is 0 Å². The quantitative estimate of drug-likeness (QED) is 0.626. The van der Waals surface area contributed by atoms with Gasteiger partial charge in [0.25, 0.3) is 5.91 Å². The maximum absolute atomic E-state index is 12.5. The highest BCUT2D eigenvalue weighted by Gasteiger charge is 2.14. The largest absolute Gasteiger partial charge is 0.348 e. The fourth-order valence-electron chi connectivity index (χ4n) is 2.03. The number of carbonyl (C=O) groups is 1. The first-order valence-corrected chi connectivity index (χ1v) is 8.53. The fourth-order valence-corrected chi connectivity index (χ4v) is 3.12. The van der Waals surface area contributed by atoms with Crippen molar-refractivity contribution in [2.24, 2.45) is 0 Å². The van der Waals surface area contributed by atoms with Crippen LogP contribution in [-0.2, 0) is 6.54 Å². The molecule has 1 aromatic heterocycles. The zero-order chi connectivity index (χ0) is 16.7. The lowest BCUT2D eigenvalue weighted by Gasteiger charge is -2.15. The van der Waals surface area contributed by atoms with E-state index in [1.165, 1.54) is 11.9 Å². The molecule has 0 radical (unpaired) electrons. The maximum atomic E-state index is 12.5. The minimum absolute atomic E-state index is 0.0277. The third-order valence-corrected chi connectivity index (χ3v) is 4.17. The second-order valence-electron chi connectivity index (χ2n) is 5.58. The van der Waals surface area contributed by atoms with Gasteiger partial charge in [-0.1, -0.05) is 23.8 Å². The van der Waals surface area contributed by atoms with Gasteiger partial charge in [-0.25, -0.2) is 4.98 Å². The molecule has 0 aliphatic carbocycles. The van der Waals surface area contributed by atoms with Gasteiger partial charge >= 0.3 is 0 Å². The zero-order valence-electron chi connectivity index (χ0n) is 13.7. The molecule has 0 saturated heterocycles. The highest BCUT2D eigenvalue weighted by atomic mass is 32.2. The predicted octanol–water partition coefficient (Wildman–Crippen LogP) is 3.15. The Balaban J connectivity index is 1.99. The van der Waals surface area contributed by atoms with Crippen molar-refractivity contribution in [1.82, 2.24) is 20.1 Å². The van der Waals surface area contributed by atoms with Crippen molar-refractivity contribution in [3.05, 3.63) is 54.1 Å². The van der Waals surface area contributed by atoms with E-state index in [4.69, 9.17) is 0 Å². The molecule has 5 nitrogen and oxygen atoms in total. The SMILES string of the molecule is CC(C)=CCSc1ccccc1C(=O)N[C@@H](C)Cn1cncn1. The summed E-state index contributed by atoms with van der Waals surface area (Å²) in [7, 11) is 0. The van der Waals surface area contributed by atoms with Gasteiger partial charge in [0.05, 0.1) is 12.1 Å². The van der Waals surface area contributed by atoms with Crippen LogP contribution in [0.2, 0.25) is 0 Å². The van der Waals surface area contributed by atoms with E-state index in [0.29, 0.717) is 12.1 Å². The number of thioether (sulfide) groups is 1. The first-order chi connectivity index (χ1) is 11.1. The standard InChI is InChI=1S/C17H22N4OS/c1-13(2)8-9-23-16-7-5-4-6-15(16)17(22)20-14(3)10-21-12-18-11-19-21/h4-8,11-12,14H,9-10H2,1-3H3,(H,20,22)/t14-/m0/s1. The summed E-state index contributed by atoms with van der Waals surface area (Å²) in [5, 5.41) is 7.07. The number of amides is 1. The molecule has 0 aliphatic heterocycles. The third kappa shape index (κ3) is 5.56. The molecular weight excluding hydrogens is 308 g/mol. The number of hydrogen-bond donors (Lipinski definition) is 1. The van der Waals surface area contributed by atoms with Gasteiger partial charge in [0.15, 0.2) is 0 Å². The Morgan fingerprint density at radius 2 is 2.17 bits per heavy atom. The van der Waals surface area contributed by atoms with Gasteiger partial charge in [-0.05, 0) is 32.9 Å². The van der Waals surface area contributed by atoms with Crippen LogP contribution in [0.25, 0.3) is 0 Å². The number of hydrogen-bond acceptors (Lipinski definition) is 4. The van der Waals surface area contributed by atoms with Crippen molar-refractivity contribution in [3.63, 3.8) is 0 Å². The molecular formula is C17H22N4OS. The number of nitrogens with zero attached hydrogens (tertiary/aromatic N) is 3. The topological polar surface area (TPSA) is 59.8 Å². The molecule has 0 saturated carbocycles. The average molecular weight is 330 g/mol. The Bertz CT molecular complexity index is 663. The van der Waals surface area contributed by atoms with Gasteiger partial charge in [0.2, 0.25) is 0 Å². The number of aromatic nitrogens is 3. The number of carbonyl (C=O) groups excluding carboxylic acids is 1. The molecule has 1 amide bonds. The van der Waals surface area contributed by atoms with Crippen LogP contribution >= 0.6 is 11.8 Å². The summed E-state index contributed by atoms with van der Waals surface area (Å²) >= 11 is 1.67. The van der Waals surface area contributed by atoms with Gasteiger partial charge in [0, 0.05) is 16.7 Å². The molecule has 2 aromatic rings. The lowest BCUT2D eigenvalue weighted by atomic mass is 10.2. The Morgan fingerprint density at radius 3 is 2.87 bits per heavy atom. The van der Waals surface area contributed by atoms with E-state index in [0.717, 1.165) is 10.6 Å². The zero-order valence-corrected chi connectivity index (χ0v) is 14.5. The molecule has 1 aromatic carbocycles. The fraction of sp³-hybridized carbons (Fsp3) is 0.353. The van der Waals surface area contributed by atoms with Crippen LogP contribution in [0, 0.1) is 0 Å². The molecule has 2 rings (SSSR count). The molecule has 0 spiro atoms. The molecule has 0 bridgehead atoms. The van der Waals surface area contributed by atoms with Crippen LogP contribution in [-0.4, -0.2) is 32.5 Å². The van der Waals surface area contributed by atoms with E-state index < -0.39 is 0 Å². The van der Waals surface area contributed by atoms with Crippen molar-refractivity contribution in [3.8, 4) is 0 Å². The van der Waals surface area contributed by atoms with Crippen molar-refractivity contribution in [2.45, 2.75) is 38.3 Å². The number of allylic oxidation sites excluding steroid dienone is 1. The summed E-state index contributed by atoms with van der Waals surface area (Å²) < 4.78 is 1.71. The summed E-state index contributed by atoms with van der Waals surface area (Å²) in [6, 6.07) is 7.67. The molecule has 6 heteroatoms. The molecule has 0 fully saturated rings.